The summed E-state index contributed by atoms with van der Waals surface area (Å²) < 4.78 is 70.1. The van der Waals surface area contributed by atoms with E-state index in [9.17, 15) is 34.5 Å². The van der Waals surface area contributed by atoms with Gasteiger partial charge >= 0.3 is 17.9 Å². The molecule has 8 rings (SSSR count). The minimum atomic E-state index is -3.86. The van der Waals surface area contributed by atoms with E-state index in [2.05, 4.69) is 5.32 Å². The van der Waals surface area contributed by atoms with Gasteiger partial charge in [0.15, 0.2) is 17.5 Å². The number of ether oxygens (including phenoxy) is 6. The van der Waals surface area contributed by atoms with Crippen LogP contribution in [0.25, 0.3) is 0 Å². The number of nitrogens with zero attached hydrogens (tertiary/aromatic N) is 1. The number of alkyl halides is 2. The summed E-state index contributed by atoms with van der Waals surface area (Å²) in [7, 11) is 0. The van der Waals surface area contributed by atoms with Gasteiger partial charge < -0.3 is 49.1 Å². The van der Waals surface area contributed by atoms with Crippen LogP contribution in [0.3, 0.4) is 0 Å². The summed E-state index contributed by atoms with van der Waals surface area (Å²) in [5.41, 5.74) is -8.26. The van der Waals surface area contributed by atoms with Gasteiger partial charge in [-0.3, -0.25) is 14.5 Å². The summed E-state index contributed by atoms with van der Waals surface area (Å²) in [6, 6.07) is 13.0. The Balaban J connectivity index is 1.27. The predicted molar refractivity (Wildman–Crippen MR) is 226 cm³/mol. The molecule has 2 bridgehead atoms. The van der Waals surface area contributed by atoms with Crippen LogP contribution in [0.4, 0.5) is 8.78 Å². The zero-order valence-corrected chi connectivity index (χ0v) is 37.8. The molecule has 3 aliphatic heterocycles. The van der Waals surface area contributed by atoms with Gasteiger partial charge in [0, 0.05) is 55.8 Å². The number of aliphatic hydroxyl groups excluding tert-OH is 1. The minimum Gasteiger partial charge on any atom is -0.456 e. The van der Waals surface area contributed by atoms with Gasteiger partial charge in [0.25, 0.3) is 11.8 Å². The molecule has 4 N–H and O–H groups in total. The highest BCUT2D eigenvalue weighted by Crippen LogP contribution is 2.67. The van der Waals surface area contributed by atoms with Crippen LogP contribution >= 0.6 is 0 Å². The lowest BCUT2D eigenvalue weighted by Gasteiger charge is -2.68. The van der Waals surface area contributed by atoms with Gasteiger partial charge in [0.05, 0.1) is 30.8 Å². The topological polar surface area (TPSA) is 200 Å². The van der Waals surface area contributed by atoms with Crippen molar-refractivity contribution in [3.63, 3.8) is 0 Å². The highest BCUT2D eigenvalue weighted by Gasteiger charge is 2.77. The lowest BCUT2D eigenvalue weighted by molar-refractivity contribution is -0.345. The van der Waals surface area contributed by atoms with Gasteiger partial charge in [-0.15, -0.1) is 0 Å². The molecular weight excluding hydrogens is 851 g/mol. The summed E-state index contributed by atoms with van der Waals surface area (Å²) in [4.78, 5) is 57.3. The Morgan fingerprint density at radius 1 is 0.969 bits per heavy atom. The van der Waals surface area contributed by atoms with Crippen LogP contribution in [0.2, 0.25) is 0 Å². The number of esters is 3. The molecule has 2 aromatic carbocycles. The van der Waals surface area contributed by atoms with Gasteiger partial charge in [0.2, 0.25) is 0 Å². The maximum atomic E-state index is 15.5. The molecule has 2 saturated carbocycles. The zero-order valence-electron chi connectivity index (χ0n) is 37.8. The number of fused-ring (bicyclic) bond motifs is 8. The molecule has 354 valence electrons. The van der Waals surface area contributed by atoms with Crippen molar-refractivity contribution in [1.82, 2.24) is 10.2 Å². The highest BCUT2D eigenvalue weighted by atomic mass is 19.3. The minimum absolute atomic E-state index is 0.00688. The summed E-state index contributed by atoms with van der Waals surface area (Å²) in [6.07, 6.45) is -5.34. The van der Waals surface area contributed by atoms with Crippen molar-refractivity contribution >= 4 is 23.8 Å². The van der Waals surface area contributed by atoms with Crippen LogP contribution < -0.4 is 5.32 Å². The summed E-state index contributed by atoms with van der Waals surface area (Å²) in [6.45, 7) is 10.4. The molecule has 0 aromatic heterocycles. The fraction of sp³-hybridized carbons (Fsp3) is 0.625. The predicted octanol–water partition coefficient (Wildman–Crippen LogP) is 4.11. The number of hydrogen-bond acceptors (Lipinski definition) is 14. The Labute approximate surface area is 376 Å². The number of amides is 1. The van der Waals surface area contributed by atoms with Gasteiger partial charge in [0.1, 0.15) is 36.1 Å². The molecule has 1 amide bonds. The van der Waals surface area contributed by atoms with E-state index in [1.807, 2.05) is 11.8 Å². The van der Waals surface area contributed by atoms with Gasteiger partial charge in [-0.1, -0.05) is 57.2 Å². The third kappa shape index (κ3) is 7.78. The Morgan fingerprint density at radius 2 is 1.62 bits per heavy atom. The van der Waals surface area contributed by atoms with Crippen LogP contribution in [-0.4, -0.2) is 142 Å². The molecule has 13 atom stereocenters. The Kier molecular flexibility index (Phi) is 12.2. The van der Waals surface area contributed by atoms with Crippen LogP contribution in [0.5, 0.6) is 0 Å². The molecule has 15 nitrogen and oxygen atoms in total. The van der Waals surface area contributed by atoms with E-state index < -0.39 is 113 Å². The maximum Gasteiger partial charge on any atom is 0.340 e. The average Bonchev–Trinajstić information content (AvgIpc) is 3.65. The van der Waals surface area contributed by atoms with Crippen molar-refractivity contribution in [3.8, 4) is 0 Å². The molecule has 65 heavy (non-hydrogen) atoms. The molecule has 0 spiro atoms. The standard InChI is InChI=1S/C48H60F2N2O13/c1-26-31(61-42(57)45(6,58)41(46(7,49)50)51-39(55)28-14-10-8-11-15-28)22-48(59)38(64-40(56)29-16-12-9-13-17-29)36-44(5,20-18-32-47(36,25-60-32)65-27(2)54)37-35(34(26)43(48,3)4)62-33(63-37)23-52-21-19-30(52)24-53/h8-17,30-33,35-38,41,53,58-59H,18-25H2,1-7H3,(H,51,55)/t30-,31-,32+,33+,35+,36-,37+,38-,41+,44+,45+,47-,48+/m0/s1. The molecule has 3 aliphatic carbocycles. The number of rotatable bonds is 12. The summed E-state index contributed by atoms with van der Waals surface area (Å²) in [5, 5.41) is 37.9. The van der Waals surface area contributed by atoms with E-state index in [-0.39, 0.29) is 36.9 Å². The maximum absolute atomic E-state index is 15.5. The summed E-state index contributed by atoms with van der Waals surface area (Å²) in [5.74, 6) is -8.86. The number of carbonyl (C=O) groups is 4. The molecule has 2 aromatic rings. The normalized spacial score (nSPS) is 36.4. The van der Waals surface area contributed by atoms with Crippen molar-refractivity contribution < 1.29 is 71.7 Å². The number of nitrogens with one attached hydrogen (secondary N) is 1. The zero-order chi connectivity index (χ0) is 47.1. The van der Waals surface area contributed by atoms with E-state index >= 15 is 8.78 Å². The fourth-order valence-corrected chi connectivity index (χ4v) is 11.8. The van der Waals surface area contributed by atoms with Crippen LogP contribution in [0.15, 0.2) is 71.8 Å². The number of halogens is 2. The number of benzene rings is 2. The van der Waals surface area contributed by atoms with E-state index in [4.69, 9.17) is 28.4 Å². The van der Waals surface area contributed by atoms with Crippen LogP contribution in [-0.2, 0) is 38.0 Å². The van der Waals surface area contributed by atoms with E-state index in [1.54, 1.807) is 57.2 Å². The third-order valence-corrected chi connectivity index (χ3v) is 15.5. The molecule has 17 heteroatoms. The first-order valence-corrected chi connectivity index (χ1v) is 22.3. The molecular formula is C48H60F2N2O13. The largest absolute Gasteiger partial charge is 0.456 e. The SMILES string of the molecule is CC(=O)O[C@@]12CO[C@@H]1CC[C@@]1(C)[C@@H]3O[C@H](CN4CC[C@H]4CO)O[C@@H]3C3=C(C)[C@@H](OC(=O)[C@](C)(O)[C@@H](NC(=O)c4ccccc4)C(C)(F)F)C[C@@](O)([C@@H](OC(=O)c4ccccc4)[C@@H]12)C3(C)C. The molecule has 3 saturated heterocycles. The van der Waals surface area contributed by atoms with Crippen molar-refractivity contribution in [1.29, 1.82) is 0 Å². The lowest BCUT2D eigenvalue weighted by atomic mass is 9.45. The van der Waals surface area contributed by atoms with E-state index in [1.165, 1.54) is 31.2 Å². The molecule has 5 fully saturated rings. The first-order chi connectivity index (χ1) is 30.5. The van der Waals surface area contributed by atoms with E-state index in [0.29, 0.717) is 37.5 Å². The second kappa shape index (κ2) is 16.8. The highest BCUT2D eigenvalue weighted by molar-refractivity contribution is 5.95. The second-order valence-corrected chi connectivity index (χ2v) is 19.8. The van der Waals surface area contributed by atoms with E-state index in [0.717, 1.165) is 13.3 Å². The summed E-state index contributed by atoms with van der Waals surface area (Å²) >= 11 is 0. The Morgan fingerprint density at radius 3 is 2.17 bits per heavy atom. The molecule has 3 heterocycles. The van der Waals surface area contributed by atoms with Crippen molar-refractivity contribution in [2.45, 2.75) is 146 Å². The number of aliphatic hydroxyl groups is 3. The van der Waals surface area contributed by atoms with Crippen LogP contribution in [0, 0.1) is 16.7 Å². The fourth-order valence-electron chi connectivity index (χ4n) is 11.8. The lowest BCUT2D eigenvalue weighted by Crippen LogP contribution is -2.79. The number of hydrogen-bond donors (Lipinski definition) is 4. The smallest absolute Gasteiger partial charge is 0.340 e. The van der Waals surface area contributed by atoms with Gasteiger partial charge in [-0.2, -0.15) is 0 Å². The molecule has 0 unspecified atom stereocenters. The van der Waals surface area contributed by atoms with Gasteiger partial charge in [-0.05, 0) is 68.5 Å². The van der Waals surface area contributed by atoms with Crippen molar-refractivity contribution in [3.05, 3.63) is 82.9 Å². The molecule has 0 radical (unpaired) electrons. The average molecular weight is 911 g/mol. The number of likely N-dealkylation sites (tertiary alicyclic amines) is 1. The van der Waals surface area contributed by atoms with Crippen molar-refractivity contribution in [2.24, 2.45) is 16.7 Å². The molecule has 6 aliphatic rings. The van der Waals surface area contributed by atoms with Gasteiger partial charge in [-0.25, -0.2) is 18.4 Å². The monoisotopic (exact) mass is 910 g/mol. The first kappa shape index (κ1) is 47.1. The Bertz CT molecular complexity index is 2200. The van der Waals surface area contributed by atoms with Crippen LogP contribution in [0.1, 0.15) is 94.9 Å². The second-order valence-electron chi connectivity index (χ2n) is 19.8. The number of carbonyl (C=O) groups excluding carboxylic acids is 4. The Hall–Kier alpha value is -4.36. The quantitative estimate of drug-likeness (QED) is 0.135. The third-order valence-electron chi connectivity index (χ3n) is 15.5. The van der Waals surface area contributed by atoms with Crippen molar-refractivity contribution in [2.75, 3.05) is 26.3 Å². The first-order valence-electron chi connectivity index (χ1n) is 22.3.